The molecule has 0 aliphatic carbocycles. The second-order valence-electron chi connectivity index (χ2n) is 5.17. The van der Waals surface area contributed by atoms with Gasteiger partial charge in [-0.25, -0.2) is 5.43 Å². The number of amides is 1. The Hall–Kier alpha value is -2.84. The molecule has 0 aliphatic heterocycles. The molecule has 0 fully saturated rings. The van der Waals surface area contributed by atoms with Crippen molar-refractivity contribution in [3.05, 3.63) is 44.0 Å². The Labute approximate surface area is 139 Å². The van der Waals surface area contributed by atoms with Gasteiger partial charge < -0.3 is 0 Å². The topological polar surface area (TPSA) is 128 Å². The number of non-ortho nitro benzene ring substituents is 1. The Bertz CT molecular complexity index is 630. The van der Waals surface area contributed by atoms with Crippen molar-refractivity contribution in [2.75, 3.05) is 0 Å². The predicted molar refractivity (Wildman–Crippen MR) is 89.1 cm³/mol. The van der Waals surface area contributed by atoms with E-state index in [1.54, 1.807) is 6.21 Å². The maximum absolute atomic E-state index is 11.9. The second kappa shape index (κ2) is 10.0. The van der Waals surface area contributed by atoms with Crippen molar-refractivity contribution in [1.29, 1.82) is 0 Å². The van der Waals surface area contributed by atoms with Crippen molar-refractivity contribution in [3.63, 3.8) is 0 Å². The molecule has 1 aromatic rings. The quantitative estimate of drug-likeness (QED) is 0.302. The van der Waals surface area contributed by atoms with Crippen molar-refractivity contribution in [2.45, 2.75) is 45.4 Å². The number of nitrogens with one attached hydrogen (secondary N) is 1. The first kappa shape index (κ1) is 19.2. The molecule has 1 amide bonds. The highest BCUT2D eigenvalue weighted by Crippen LogP contribution is 2.24. The second-order valence-corrected chi connectivity index (χ2v) is 5.17. The van der Waals surface area contributed by atoms with E-state index in [2.05, 4.69) is 17.5 Å². The van der Waals surface area contributed by atoms with E-state index in [-0.39, 0.29) is 5.56 Å². The van der Waals surface area contributed by atoms with Gasteiger partial charge in [0.2, 0.25) is 0 Å². The van der Waals surface area contributed by atoms with Gasteiger partial charge in [-0.3, -0.25) is 25.0 Å². The lowest BCUT2D eigenvalue weighted by Crippen LogP contribution is -2.19. The summed E-state index contributed by atoms with van der Waals surface area (Å²) in [7, 11) is 0. The molecule has 0 atom stereocenters. The molecule has 0 saturated heterocycles. The summed E-state index contributed by atoms with van der Waals surface area (Å²) in [6, 6.07) is 2.84. The smallest absolute Gasteiger partial charge is 0.267 e. The molecule has 1 rings (SSSR count). The SMILES string of the molecule is CCCCCCCC=NNC(=O)c1ccc([N+](=O)[O-])cc1[N+](=O)[O-]. The molecule has 0 aromatic heterocycles. The van der Waals surface area contributed by atoms with E-state index in [0.717, 1.165) is 43.9 Å². The molecule has 24 heavy (non-hydrogen) atoms. The van der Waals surface area contributed by atoms with Crippen LogP contribution in [0.25, 0.3) is 0 Å². The number of benzene rings is 1. The van der Waals surface area contributed by atoms with Gasteiger partial charge in [0.25, 0.3) is 17.3 Å². The van der Waals surface area contributed by atoms with Crippen LogP contribution in [-0.4, -0.2) is 22.0 Å². The Morgan fingerprint density at radius 1 is 1.17 bits per heavy atom. The van der Waals surface area contributed by atoms with Crippen molar-refractivity contribution in [3.8, 4) is 0 Å². The number of nitro benzene ring substituents is 2. The zero-order valence-corrected chi connectivity index (χ0v) is 13.4. The number of carbonyl (C=O) groups is 1. The first-order valence-corrected chi connectivity index (χ1v) is 7.72. The summed E-state index contributed by atoms with van der Waals surface area (Å²) < 4.78 is 0. The average Bonchev–Trinajstić information content (AvgIpc) is 2.56. The largest absolute Gasteiger partial charge is 0.289 e. The molecule has 0 aliphatic rings. The number of rotatable bonds is 10. The van der Waals surface area contributed by atoms with Crippen LogP contribution >= 0.6 is 0 Å². The lowest BCUT2D eigenvalue weighted by molar-refractivity contribution is -0.394. The summed E-state index contributed by atoms with van der Waals surface area (Å²) in [5, 5.41) is 25.4. The number of nitro groups is 2. The highest BCUT2D eigenvalue weighted by atomic mass is 16.6. The third-order valence-electron chi connectivity index (χ3n) is 3.33. The molecule has 9 heteroatoms. The number of hydrogen-bond donors (Lipinski definition) is 1. The van der Waals surface area contributed by atoms with E-state index in [1.807, 2.05) is 0 Å². The third kappa shape index (κ3) is 6.11. The van der Waals surface area contributed by atoms with Gasteiger partial charge in [0.1, 0.15) is 5.56 Å². The van der Waals surface area contributed by atoms with Gasteiger partial charge in [0.15, 0.2) is 0 Å². The molecule has 130 valence electrons. The summed E-state index contributed by atoms with van der Waals surface area (Å²) in [6.45, 7) is 2.13. The van der Waals surface area contributed by atoms with Crippen molar-refractivity contribution in [2.24, 2.45) is 5.10 Å². The number of unbranched alkanes of at least 4 members (excludes halogenated alkanes) is 5. The van der Waals surface area contributed by atoms with Crippen LogP contribution in [0.2, 0.25) is 0 Å². The molecule has 0 radical (unpaired) electrons. The number of nitrogens with zero attached hydrogens (tertiary/aromatic N) is 3. The lowest BCUT2D eigenvalue weighted by Gasteiger charge is -2.01. The minimum atomic E-state index is -0.834. The van der Waals surface area contributed by atoms with Gasteiger partial charge in [-0.1, -0.05) is 32.6 Å². The van der Waals surface area contributed by atoms with Gasteiger partial charge >= 0.3 is 0 Å². The van der Waals surface area contributed by atoms with Crippen LogP contribution in [0.15, 0.2) is 23.3 Å². The number of carbonyl (C=O) groups excluding carboxylic acids is 1. The van der Waals surface area contributed by atoms with Crippen molar-refractivity contribution in [1.82, 2.24) is 5.43 Å². The molecule has 1 N–H and O–H groups in total. The van der Waals surface area contributed by atoms with Gasteiger partial charge in [0.05, 0.1) is 15.9 Å². The van der Waals surface area contributed by atoms with E-state index >= 15 is 0 Å². The normalized spacial score (nSPS) is 10.7. The summed E-state index contributed by atoms with van der Waals surface area (Å²) in [5.41, 5.74) is 0.850. The molecule has 0 spiro atoms. The van der Waals surface area contributed by atoms with Crippen LogP contribution in [0, 0.1) is 20.2 Å². The first-order chi connectivity index (χ1) is 11.5. The first-order valence-electron chi connectivity index (χ1n) is 7.72. The van der Waals surface area contributed by atoms with E-state index in [9.17, 15) is 25.0 Å². The highest BCUT2D eigenvalue weighted by Gasteiger charge is 2.23. The maximum atomic E-state index is 11.9. The Morgan fingerprint density at radius 2 is 1.88 bits per heavy atom. The van der Waals surface area contributed by atoms with Crippen LogP contribution in [0.3, 0.4) is 0 Å². The van der Waals surface area contributed by atoms with Gasteiger partial charge in [-0.05, 0) is 18.9 Å². The highest BCUT2D eigenvalue weighted by molar-refractivity contribution is 5.98. The fraction of sp³-hybridized carbons (Fsp3) is 0.467. The van der Waals surface area contributed by atoms with E-state index in [0.29, 0.717) is 6.42 Å². The number of hydrogen-bond acceptors (Lipinski definition) is 6. The monoisotopic (exact) mass is 336 g/mol. The van der Waals surface area contributed by atoms with E-state index < -0.39 is 27.1 Å². The van der Waals surface area contributed by atoms with Crippen molar-refractivity contribution < 1.29 is 14.6 Å². The Kier molecular flexibility index (Phi) is 8.03. The van der Waals surface area contributed by atoms with Crippen LogP contribution < -0.4 is 5.43 Å². The Balaban J connectivity index is 2.61. The van der Waals surface area contributed by atoms with E-state index in [4.69, 9.17) is 0 Å². The summed E-state index contributed by atoms with van der Waals surface area (Å²) in [4.78, 5) is 32.0. The lowest BCUT2D eigenvalue weighted by atomic mass is 10.1. The van der Waals surface area contributed by atoms with E-state index in [1.165, 1.54) is 6.42 Å². The molecule has 9 nitrogen and oxygen atoms in total. The fourth-order valence-corrected chi connectivity index (χ4v) is 2.04. The molecular weight excluding hydrogens is 316 g/mol. The molecule has 1 aromatic carbocycles. The van der Waals surface area contributed by atoms with Gasteiger partial charge in [0, 0.05) is 12.3 Å². The minimum absolute atomic E-state index is 0.273. The van der Waals surface area contributed by atoms with Crippen LogP contribution in [0.4, 0.5) is 11.4 Å². The summed E-state index contributed by atoms with van der Waals surface area (Å²) >= 11 is 0. The van der Waals surface area contributed by atoms with Crippen LogP contribution in [-0.2, 0) is 0 Å². The average molecular weight is 336 g/mol. The van der Waals surface area contributed by atoms with Crippen LogP contribution in [0.1, 0.15) is 55.8 Å². The zero-order valence-electron chi connectivity index (χ0n) is 13.4. The number of hydrazone groups is 1. The maximum Gasteiger partial charge on any atom is 0.289 e. The van der Waals surface area contributed by atoms with Gasteiger partial charge in [-0.2, -0.15) is 5.10 Å². The third-order valence-corrected chi connectivity index (χ3v) is 3.33. The molecular formula is C15H20N4O5. The van der Waals surface area contributed by atoms with Gasteiger partial charge in [-0.15, -0.1) is 0 Å². The standard InChI is InChI=1S/C15H20N4O5/c1-2-3-4-5-6-7-10-16-17-15(20)13-9-8-12(18(21)22)11-14(13)19(23)24/h8-11H,2-7H2,1H3,(H,17,20). The fourth-order valence-electron chi connectivity index (χ4n) is 2.04. The molecule has 0 heterocycles. The Morgan fingerprint density at radius 3 is 2.50 bits per heavy atom. The minimum Gasteiger partial charge on any atom is -0.267 e. The molecule has 0 unspecified atom stereocenters. The molecule has 0 saturated carbocycles. The molecule has 0 bridgehead atoms. The van der Waals surface area contributed by atoms with Crippen molar-refractivity contribution >= 4 is 23.5 Å². The summed E-state index contributed by atoms with van der Waals surface area (Å²) in [5.74, 6) is -0.779. The predicted octanol–water partition coefficient (Wildman–Crippen LogP) is 3.58. The van der Waals surface area contributed by atoms with Crippen LogP contribution in [0.5, 0.6) is 0 Å². The zero-order chi connectivity index (χ0) is 17.9. The summed E-state index contributed by atoms with van der Waals surface area (Å²) in [6.07, 6.45) is 7.80.